The Morgan fingerprint density at radius 2 is 2.00 bits per heavy atom. The second-order valence-electron chi connectivity index (χ2n) is 5.39. The highest BCUT2D eigenvalue weighted by Crippen LogP contribution is 2.38. The summed E-state index contributed by atoms with van der Waals surface area (Å²) in [5, 5.41) is 12.6. The topological polar surface area (TPSA) is 57.6 Å². The zero-order valence-corrected chi connectivity index (χ0v) is 15.9. The zero-order chi connectivity index (χ0) is 16.6. The first-order valence-electron chi connectivity index (χ1n) is 7.06. The summed E-state index contributed by atoms with van der Waals surface area (Å²) in [6, 6.07) is 5.22. The summed E-state index contributed by atoms with van der Waals surface area (Å²) < 4.78 is 27.1. The molecule has 9 heteroatoms. The number of aliphatic hydroxyl groups is 1. The van der Waals surface area contributed by atoms with Gasteiger partial charge in [-0.15, -0.1) is 22.7 Å². The number of nitrogens with zero attached hydrogens (tertiary/aromatic N) is 1. The van der Waals surface area contributed by atoms with Gasteiger partial charge in [-0.25, -0.2) is 8.42 Å². The number of halogens is 2. The van der Waals surface area contributed by atoms with E-state index in [9.17, 15) is 13.5 Å². The fourth-order valence-electron chi connectivity index (χ4n) is 2.70. The molecule has 0 bridgehead atoms. The highest BCUT2D eigenvalue weighted by atomic mass is 35.5. The van der Waals surface area contributed by atoms with Crippen molar-refractivity contribution in [3.63, 3.8) is 0 Å². The molecule has 0 saturated carbocycles. The minimum atomic E-state index is -3.56. The van der Waals surface area contributed by atoms with Crippen LogP contribution in [0.15, 0.2) is 27.8 Å². The molecule has 1 fully saturated rings. The van der Waals surface area contributed by atoms with E-state index in [1.807, 2.05) is 17.5 Å². The van der Waals surface area contributed by atoms with Crippen molar-refractivity contribution in [3.8, 4) is 0 Å². The molecule has 0 aliphatic carbocycles. The van der Waals surface area contributed by atoms with Crippen molar-refractivity contribution in [1.82, 2.24) is 4.31 Å². The van der Waals surface area contributed by atoms with Gasteiger partial charge in [-0.05, 0) is 36.3 Å². The van der Waals surface area contributed by atoms with Gasteiger partial charge in [0, 0.05) is 18.0 Å². The molecule has 1 N–H and O–H groups in total. The third-order valence-electron chi connectivity index (χ3n) is 4.00. The molecular formula is C14H15Cl2NO3S3. The molecule has 3 heterocycles. The number of hydrogen-bond acceptors (Lipinski definition) is 5. The number of aliphatic hydroxyl groups excluding tert-OH is 1. The molecular weight excluding hydrogens is 397 g/mol. The zero-order valence-electron chi connectivity index (χ0n) is 12.0. The molecule has 0 radical (unpaired) electrons. The second-order valence-corrected chi connectivity index (χ2v) is 10.6. The summed E-state index contributed by atoms with van der Waals surface area (Å²) in [5.41, 5.74) is 0. The second kappa shape index (κ2) is 7.00. The number of hydrogen-bond donors (Lipinski definition) is 1. The van der Waals surface area contributed by atoms with Crippen LogP contribution in [0.5, 0.6) is 0 Å². The fourth-order valence-corrected chi connectivity index (χ4v) is 7.01. The van der Waals surface area contributed by atoms with Crippen LogP contribution in [0.4, 0.5) is 0 Å². The lowest BCUT2D eigenvalue weighted by Crippen LogP contribution is -2.39. The molecule has 0 amide bonds. The van der Waals surface area contributed by atoms with Crippen molar-refractivity contribution in [2.75, 3.05) is 13.1 Å². The number of thiophene rings is 2. The maximum absolute atomic E-state index is 12.6. The SMILES string of the molecule is O=S(=O)(c1cc(Cl)c(Cl)s1)N1CCC(C(O)c2cccs2)CC1. The molecule has 2 aromatic heterocycles. The van der Waals surface area contributed by atoms with Crippen LogP contribution in [0.1, 0.15) is 23.8 Å². The first-order chi connectivity index (χ1) is 10.9. The molecule has 3 rings (SSSR count). The van der Waals surface area contributed by atoms with E-state index >= 15 is 0 Å². The van der Waals surface area contributed by atoms with Crippen molar-refractivity contribution < 1.29 is 13.5 Å². The van der Waals surface area contributed by atoms with Crippen molar-refractivity contribution in [1.29, 1.82) is 0 Å². The Bertz CT molecular complexity index is 746. The Kier molecular flexibility index (Phi) is 5.37. The van der Waals surface area contributed by atoms with Gasteiger partial charge in [0.05, 0.1) is 11.1 Å². The van der Waals surface area contributed by atoms with Crippen LogP contribution in [0.3, 0.4) is 0 Å². The van der Waals surface area contributed by atoms with E-state index in [-0.39, 0.29) is 19.5 Å². The highest BCUT2D eigenvalue weighted by molar-refractivity contribution is 7.91. The Hall–Kier alpha value is -0.150. The number of rotatable bonds is 4. The lowest BCUT2D eigenvalue weighted by atomic mass is 9.91. The van der Waals surface area contributed by atoms with E-state index in [0.717, 1.165) is 16.2 Å². The summed E-state index contributed by atoms with van der Waals surface area (Å²) in [7, 11) is -3.56. The van der Waals surface area contributed by atoms with E-state index in [0.29, 0.717) is 25.9 Å². The molecule has 1 unspecified atom stereocenters. The van der Waals surface area contributed by atoms with Gasteiger partial charge in [-0.2, -0.15) is 4.31 Å². The fraction of sp³-hybridized carbons (Fsp3) is 0.429. The van der Waals surface area contributed by atoms with Gasteiger partial charge in [0.15, 0.2) is 0 Å². The van der Waals surface area contributed by atoms with Crippen molar-refractivity contribution >= 4 is 55.9 Å². The van der Waals surface area contributed by atoms with Crippen LogP contribution < -0.4 is 0 Å². The number of sulfonamides is 1. The molecule has 4 nitrogen and oxygen atoms in total. The van der Waals surface area contributed by atoms with Gasteiger partial charge in [0.2, 0.25) is 0 Å². The van der Waals surface area contributed by atoms with Crippen molar-refractivity contribution in [3.05, 3.63) is 37.8 Å². The maximum Gasteiger partial charge on any atom is 0.252 e. The van der Waals surface area contributed by atoms with Crippen LogP contribution in [0.25, 0.3) is 0 Å². The Labute approximate surface area is 153 Å². The predicted molar refractivity (Wildman–Crippen MR) is 95.1 cm³/mol. The van der Waals surface area contributed by atoms with Crippen LogP contribution in [-0.4, -0.2) is 30.9 Å². The number of piperidine rings is 1. The summed E-state index contributed by atoms with van der Waals surface area (Å²) in [5.74, 6) is 0.0793. The molecule has 1 aliphatic heterocycles. The largest absolute Gasteiger partial charge is 0.387 e. The highest BCUT2D eigenvalue weighted by Gasteiger charge is 2.34. The van der Waals surface area contributed by atoms with Gasteiger partial charge in [0.25, 0.3) is 10.0 Å². The molecule has 1 aliphatic rings. The van der Waals surface area contributed by atoms with E-state index in [1.165, 1.54) is 21.7 Å². The monoisotopic (exact) mass is 411 g/mol. The lowest BCUT2D eigenvalue weighted by molar-refractivity contribution is 0.0789. The van der Waals surface area contributed by atoms with Gasteiger partial charge in [-0.3, -0.25) is 0 Å². The first-order valence-corrected chi connectivity index (χ1v) is 11.0. The average molecular weight is 412 g/mol. The van der Waals surface area contributed by atoms with Crippen LogP contribution in [0, 0.1) is 5.92 Å². The summed E-state index contributed by atoms with van der Waals surface area (Å²) in [4.78, 5) is 0.933. The van der Waals surface area contributed by atoms with Crippen LogP contribution in [0.2, 0.25) is 9.36 Å². The molecule has 0 aromatic carbocycles. The predicted octanol–water partition coefficient (Wildman–Crippen LogP) is 4.25. The van der Waals surface area contributed by atoms with Crippen LogP contribution in [-0.2, 0) is 10.0 Å². The Morgan fingerprint density at radius 1 is 1.30 bits per heavy atom. The third-order valence-corrected chi connectivity index (χ3v) is 9.15. The van der Waals surface area contributed by atoms with E-state index in [1.54, 1.807) is 0 Å². The molecule has 23 heavy (non-hydrogen) atoms. The molecule has 1 saturated heterocycles. The van der Waals surface area contributed by atoms with Crippen LogP contribution >= 0.6 is 45.9 Å². The van der Waals surface area contributed by atoms with Gasteiger partial charge < -0.3 is 5.11 Å². The van der Waals surface area contributed by atoms with E-state index in [2.05, 4.69) is 0 Å². The van der Waals surface area contributed by atoms with Gasteiger partial charge in [-0.1, -0.05) is 29.3 Å². The third kappa shape index (κ3) is 3.61. The van der Waals surface area contributed by atoms with E-state index < -0.39 is 16.1 Å². The van der Waals surface area contributed by atoms with E-state index in [4.69, 9.17) is 23.2 Å². The van der Waals surface area contributed by atoms with Crippen molar-refractivity contribution in [2.45, 2.75) is 23.2 Å². The lowest BCUT2D eigenvalue weighted by Gasteiger charge is -2.32. The van der Waals surface area contributed by atoms with Crippen molar-refractivity contribution in [2.24, 2.45) is 5.92 Å². The minimum absolute atomic E-state index is 0.0793. The smallest absolute Gasteiger partial charge is 0.252 e. The normalized spacial score (nSPS) is 19.1. The Balaban J connectivity index is 1.69. The molecule has 1 atom stereocenters. The quantitative estimate of drug-likeness (QED) is 0.817. The van der Waals surface area contributed by atoms with Gasteiger partial charge >= 0.3 is 0 Å². The minimum Gasteiger partial charge on any atom is -0.387 e. The molecule has 126 valence electrons. The summed E-state index contributed by atoms with van der Waals surface area (Å²) >= 11 is 14.2. The maximum atomic E-state index is 12.6. The Morgan fingerprint density at radius 3 is 2.52 bits per heavy atom. The standard InChI is InChI=1S/C14H15Cl2NO3S3/c15-10-8-12(22-14(10)16)23(19,20)17-5-3-9(4-6-17)13(18)11-2-1-7-21-11/h1-2,7-9,13,18H,3-6H2. The molecule has 2 aromatic rings. The summed E-state index contributed by atoms with van der Waals surface area (Å²) in [6.07, 6.45) is 0.737. The molecule has 0 spiro atoms. The summed E-state index contributed by atoms with van der Waals surface area (Å²) in [6.45, 7) is 0.783. The average Bonchev–Trinajstić information content (AvgIpc) is 3.18. The first kappa shape index (κ1) is 17.7. The van der Waals surface area contributed by atoms with Gasteiger partial charge in [0.1, 0.15) is 8.55 Å².